The number of aliphatic carboxylic acids is 2. The molecule has 14 heavy (non-hydrogen) atoms. The van der Waals surface area contributed by atoms with E-state index in [1.54, 1.807) is 13.8 Å². The third-order valence-electron chi connectivity index (χ3n) is 0.908. The molecular formula is C8H14O4SiTi+6. The van der Waals surface area contributed by atoms with Gasteiger partial charge in [-0.2, -0.15) is 0 Å². The molecule has 0 unspecified atom stereocenters. The van der Waals surface area contributed by atoms with Crippen LogP contribution in [0.1, 0.15) is 39.5 Å². The Morgan fingerprint density at radius 3 is 1.14 bits per heavy atom. The smallest absolute Gasteiger partial charge is 0.550 e. The topological polar surface area (TPSA) is 80.3 Å². The SMILES string of the molecule is CCCC(=O)[O-].CCCC(=O)[O-].[Si+4].[Ti+4]. The molecule has 0 atom stereocenters. The Kier molecular flexibility index (Phi) is 31.4. The van der Waals surface area contributed by atoms with E-state index in [0.717, 1.165) is 0 Å². The molecule has 0 aromatic heterocycles. The minimum absolute atomic E-state index is 0. The van der Waals surface area contributed by atoms with Gasteiger partial charge in [-0.25, -0.2) is 0 Å². The summed E-state index contributed by atoms with van der Waals surface area (Å²) < 4.78 is 0. The monoisotopic (exact) mass is 250 g/mol. The first kappa shape index (κ1) is 23.6. The fourth-order valence-electron chi connectivity index (χ4n) is 0.408. The average molecular weight is 250 g/mol. The molecule has 0 rings (SSSR count). The Hall–Kier alpha value is -0.129. The van der Waals surface area contributed by atoms with Gasteiger partial charge >= 0.3 is 32.7 Å². The molecule has 0 aliphatic carbocycles. The summed E-state index contributed by atoms with van der Waals surface area (Å²) >= 11 is 0. The van der Waals surface area contributed by atoms with Gasteiger partial charge in [0, 0.05) is 11.9 Å². The molecule has 0 N–H and O–H groups in total. The van der Waals surface area contributed by atoms with Gasteiger partial charge in [0.15, 0.2) is 0 Å². The van der Waals surface area contributed by atoms with Gasteiger partial charge in [-0.15, -0.1) is 0 Å². The number of carboxylic acids is 2. The molecule has 4 nitrogen and oxygen atoms in total. The molecule has 0 saturated carbocycles. The van der Waals surface area contributed by atoms with Crippen LogP contribution >= 0.6 is 0 Å². The van der Waals surface area contributed by atoms with Crippen LogP contribution in [0.25, 0.3) is 0 Å². The molecule has 0 saturated heterocycles. The Bertz CT molecular complexity index is 125. The minimum Gasteiger partial charge on any atom is -0.550 e. The van der Waals surface area contributed by atoms with Gasteiger partial charge in [0.05, 0.1) is 0 Å². The minimum atomic E-state index is -0.961. The van der Waals surface area contributed by atoms with E-state index in [1.165, 1.54) is 0 Å². The first-order valence-corrected chi connectivity index (χ1v) is 3.94. The van der Waals surface area contributed by atoms with Gasteiger partial charge in [-0.05, 0) is 12.8 Å². The van der Waals surface area contributed by atoms with Crippen LogP contribution in [-0.4, -0.2) is 22.9 Å². The van der Waals surface area contributed by atoms with Crippen LogP contribution in [0.3, 0.4) is 0 Å². The van der Waals surface area contributed by atoms with Crippen LogP contribution in [0.4, 0.5) is 0 Å². The summed E-state index contributed by atoms with van der Waals surface area (Å²) in [5.74, 6) is -1.92. The van der Waals surface area contributed by atoms with E-state index in [0.29, 0.717) is 12.8 Å². The summed E-state index contributed by atoms with van der Waals surface area (Å²) in [6.07, 6.45) is 1.70. The molecule has 0 radical (unpaired) electrons. The van der Waals surface area contributed by atoms with Gasteiger partial charge in [-0.3, -0.25) is 0 Å². The van der Waals surface area contributed by atoms with E-state index in [9.17, 15) is 19.8 Å². The predicted octanol–water partition coefficient (Wildman–Crippen LogP) is -1.31. The normalized spacial score (nSPS) is 7.00. The summed E-state index contributed by atoms with van der Waals surface area (Å²) in [6, 6.07) is 0. The second kappa shape index (κ2) is 18.6. The molecule has 0 amide bonds. The van der Waals surface area contributed by atoms with Gasteiger partial charge in [0.1, 0.15) is 0 Å². The Balaban J connectivity index is -0.0000000625. The molecule has 0 fully saturated rings. The molecule has 0 aliphatic rings. The summed E-state index contributed by atoms with van der Waals surface area (Å²) in [4.78, 5) is 19.0. The zero-order chi connectivity index (χ0) is 9.98. The Morgan fingerprint density at radius 2 is 1.14 bits per heavy atom. The predicted molar refractivity (Wildman–Crippen MR) is 45.6 cm³/mol. The molecule has 72 valence electrons. The van der Waals surface area contributed by atoms with Crippen LogP contribution in [-0.2, 0) is 31.3 Å². The largest absolute Gasteiger partial charge is 4.00 e. The summed E-state index contributed by atoms with van der Waals surface area (Å²) in [7, 11) is 0. The molecule has 0 aromatic carbocycles. The van der Waals surface area contributed by atoms with Crippen molar-refractivity contribution < 1.29 is 41.5 Å². The van der Waals surface area contributed by atoms with Crippen molar-refractivity contribution in [1.82, 2.24) is 0 Å². The maximum atomic E-state index is 9.49. The Morgan fingerprint density at radius 1 is 0.929 bits per heavy atom. The molecule has 6 heteroatoms. The third-order valence-corrected chi connectivity index (χ3v) is 0.908. The Labute approximate surface area is 104 Å². The summed E-state index contributed by atoms with van der Waals surface area (Å²) in [6.45, 7) is 3.60. The quantitative estimate of drug-likeness (QED) is 0.580. The fraction of sp³-hybridized carbons (Fsp3) is 0.750. The molecule has 0 heterocycles. The number of carbonyl (C=O) groups is 2. The zero-order valence-corrected chi connectivity index (χ0v) is 11.0. The molecule has 0 bridgehead atoms. The van der Waals surface area contributed by atoms with Crippen LogP contribution in [0.15, 0.2) is 0 Å². The second-order valence-corrected chi connectivity index (χ2v) is 2.24. The van der Waals surface area contributed by atoms with Crippen molar-refractivity contribution in [2.45, 2.75) is 39.5 Å². The van der Waals surface area contributed by atoms with E-state index in [-0.39, 0.29) is 45.5 Å². The second-order valence-electron chi connectivity index (χ2n) is 2.24. The van der Waals surface area contributed by atoms with E-state index in [4.69, 9.17) is 0 Å². The van der Waals surface area contributed by atoms with Crippen molar-refractivity contribution in [2.24, 2.45) is 0 Å². The van der Waals surface area contributed by atoms with Crippen molar-refractivity contribution in [1.29, 1.82) is 0 Å². The number of hydrogen-bond donors (Lipinski definition) is 0. The molecule has 0 aliphatic heterocycles. The maximum absolute atomic E-state index is 9.49. The number of carboxylic acid groups (broad SMARTS) is 2. The van der Waals surface area contributed by atoms with Gasteiger partial charge in [-0.1, -0.05) is 26.7 Å². The zero-order valence-electron chi connectivity index (χ0n) is 8.46. The third kappa shape index (κ3) is 40.7. The van der Waals surface area contributed by atoms with E-state index in [2.05, 4.69) is 0 Å². The van der Waals surface area contributed by atoms with Crippen molar-refractivity contribution in [3.8, 4) is 0 Å². The molecule has 0 spiro atoms. The van der Waals surface area contributed by atoms with Gasteiger partial charge in [0.25, 0.3) is 0 Å². The summed E-state index contributed by atoms with van der Waals surface area (Å²) in [5.41, 5.74) is 0. The van der Waals surface area contributed by atoms with E-state index < -0.39 is 11.9 Å². The summed E-state index contributed by atoms with van der Waals surface area (Å²) in [5, 5.41) is 19.0. The van der Waals surface area contributed by atoms with Crippen LogP contribution < -0.4 is 10.2 Å². The molecule has 0 aromatic rings. The van der Waals surface area contributed by atoms with E-state index >= 15 is 0 Å². The average Bonchev–Trinajstić information content (AvgIpc) is 1.87. The van der Waals surface area contributed by atoms with Crippen LogP contribution in [0.2, 0.25) is 0 Å². The number of carbonyl (C=O) groups excluding carboxylic acids is 2. The van der Waals surface area contributed by atoms with Gasteiger partial charge < -0.3 is 19.8 Å². The molecular weight excluding hydrogens is 236 g/mol. The van der Waals surface area contributed by atoms with Crippen molar-refractivity contribution >= 4 is 22.9 Å². The van der Waals surface area contributed by atoms with Crippen molar-refractivity contribution in [3.05, 3.63) is 0 Å². The maximum Gasteiger partial charge on any atom is 4.00 e. The van der Waals surface area contributed by atoms with Crippen LogP contribution in [0.5, 0.6) is 0 Å². The van der Waals surface area contributed by atoms with Gasteiger partial charge in [0.2, 0.25) is 0 Å². The first-order chi connectivity index (χ1) is 5.54. The van der Waals surface area contributed by atoms with Crippen LogP contribution in [0, 0.1) is 0 Å². The number of rotatable bonds is 4. The fourth-order valence-corrected chi connectivity index (χ4v) is 0.408. The van der Waals surface area contributed by atoms with Crippen molar-refractivity contribution in [3.63, 3.8) is 0 Å². The van der Waals surface area contributed by atoms with E-state index in [1.807, 2.05) is 0 Å². The first-order valence-electron chi connectivity index (χ1n) is 3.94. The number of hydrogen-bond acceptors (Lipinski definition) is 4. The van der Waals surface area contributed by atoms with Crippen molar-refractivity contribution in [2.75, 3.05) is 0 Å². The standard InChI is InChI=1S/2C4H8O2.Si.Ti/c2*1-2-3-4(5)6;;/h2*2-3H2,1H3,(H,5,6);;/q;;2*+4/p-2.